The normalized spacial score (nSPS) is 15.6. The van der Waals surface area contributed by atoms with Gasteiger partial charge in [0.05, 0.1) is 0 Å². The van der Waals surface area contributed by atoms with Gasteiger partial charge in [0.25, 0.3) is 0 Å². The van der Waals surface area contributed by atoms with Crippen LogP contribution in [0.2, 0.25) is 0 Å². The molecule has 98 valence electrons. The van der Waals surface area contributed by atoms with Gasteiger partial charge in [-0.2, -0.15) is 0 Å². The first-order valence-corrected chi connectivity index (χ1v) is 7.12. The Morgan fingerprint density at radius 1 is 1.44 bits per heavy atom. The van der Waals surface area contributed by atoms with Gasteiger partial charge in [0.1, 0.15) is 5.01 Å². The molecule has 2 heterocycles. The van der Waals surface area contributed by atoms with E-state index in [0.717, 1.165) is 41.4 Å². The van der Waals surface area contributed by atoms with Gasteiger partial charge in [-0.15, -0.1) is 16.8 Å². The van der Waals surface area contributed by atoms with Crippen LogP contribution in [0.5, 0.6) is 0 Å². The molecule has 0 radical (unpaired) electrons. The number of nitrogens with one attached hydrogen (secondary N) is 1. The van der Waals surface area contributed by atoms with Gasteiger partial charge in [-0.1, -0.05) is 17.4 Å². The van der Waals surface area contributed by atoms with Crippen molar-refractivity contribution in [3.05, 3.63) is 17.7 Å². The van der Waals surface area contributed by atoms with Crippen LogP contribution in [-0.4, -0.2) is 52.9 Å². The molecule has 1 fully saturated rings. The van der Waals surface area contributed by atoms with Crippen molar-refractivity contribution in [2.45, 2.75) is 6.92 Å². The molecule has 0 amide bonds. The van der Waals surface area contributed by atoms with E-state index in [4.69, 9.17) is 12.2 Å². The van der Waals surface area contributed by atoms with Crippen molar-refractivity contribution in [3.63, 3.8) is 0 Å². The Kier molecular flexibility index (Phi) is 4.48. The second kappa shape index (κ2) is 6.10. The van der Waals surface area contributed by atoms with Gasteiger partial charge < -0.3 is 15.1 Å². The van der Waals surface area contributed by atoms with E-state index < -0.39 is 0 Å². The number of hydrogen-bond donors (Lipinski definition) is 1. The van der Waals surface area contributed by atoms with Crippen molar-refractivity contribution < 1.29 is 0 Å². The molecule has 1 N–H and O–H groups in total. The predicted molar refractivity (Wildman–Crippen MR) is 79.2 cm³/mol. The monoisotopic (exact) mass is 283 g/mol. The highest BCUT2D eigenvalue weighted by Crippen LogP contribution is 2.20. The first-order valence-electron chi connectivity index (χ1n) is 5.89. The number of aromatic nitrogens is 2. The molecule has 1 aromatic heterocycles. The van der Waals surface area contributed by atoms with Crippen LogP contribution in [0.3, 0.4) is 0 Å². The van der Waals surface area contributed by atoms with E-state index in [2.05, 4.69) is 31.9 Å². The lowest BCUT2D eigenvalue weighted by atomic mass is 10.3. The molecule has 7 heteroatoms. The topological polar surface area (TPSA) is 44.3 Å². The second-order valence-corrected chi connectivity index (χ2v) is 5.60. The van der Waals surface area contributed by atoms with Crippen LogP contribution in [0.1, 0.15) is 5.01 Å². The van der Waals surface area contributed by atoms with Crippen LogP contribution < -0.4 is 10.2 Å². The van der Waals surface area contributed by atoms with Crippen molar-refractivity contribution in [1.82, 2.24) is 20.4 Å². The molecular weight excluding hydrogens is 266 g/mol. The highest BCUT2D eigenvalue weighted by atomic mass is 32.1. The summed E-state index contributed by atoms with van der Waals surface area (Å²) in [5.41, 5.74) is 0. The van der Waals surface area contributed by atoms with Crippen molar-refractivity contribution in [2.24, 2.45) is 0 Å². The molecule has 1 aliphatic heterocycles. The Morgan fingerprint density at radius 3 is 2.72 bits per heavy atom. The summed E-state index contributed by atoms with van der Waals surface area (Å²) in [5, 5.41) is 14.2. The molecular formula is C11H17N5S2. The largest absolute Gasteiger partial charge is 0.359 e. The molecule has 0 atom stereocenters. The number of aryl methyl sites for hydroxylation is 1. The quantitative estimate of drug-likeness (QED) is 0.660. The minimum Gasteiger partial charge on any atom is -0.359 e. The SMILES string of the molecule is C=CCNC(=S)N1CCN(c2nnc(C)s2)CC1. The fourth-order valence-electron chi connectivity index (χ4n) is 1.79. The maximum Gasteiger partial charge on any atom is 0.208 e. The van der Waals surface area contributed by atoms with Crippen LogP contribution >= 0.6 is 23.6 Å². The van der Waals surface area contributed by atoms with E-state index in [1.807, 2.05) is 13.0 Å². The Hall–Kier alpha value is -1.21. The van der Waals surface area contributed by atoms with Gasteiger partial charge in [0, 0.05) is 32.7 Å². The number of hydrogen-bond acceptors (Lipinski definition) is 5. The van der Waals surface area contributed by atoms with Gasteiger partial charge in [-0.3, -0.25) is 0 Å². The lowest BCUT2D eigenvalue weighted by molar-refractivity contribution is 0.381. The molecule has 0 aliphatic carbocycles. The van der Waals surface area contributed by atoms with Crippen molar-refractivity contribution in [2.75, 3.05) is 37.6 Å². The van der Waals surface area contributed by atoms with Gasteiger partial charge in [-0.25, -0.2) is 0 Å². The van der Waals surface area contributed by atoms with E-state index in [9.17, 15) is 0 Å². The van der Waals surface area contributed by atoms with Crippen LogP contribution in [-0.2, 0) is 0 Å². The molecule has 1 aromatic rings. The first kappa shape index (κ1) is 13.2. The Bertz CT molecular complexity index is 423. The molecule has 0 bridgehead atoms. The van der Waals surface area contributed by atoms with Gasteiger partial charge >= 0.3 is 0 Å². The lowest BCUT2D eigenvalue weighted by Gasteiger charge is -2.35. The van der Waals surface area contributed by atoms with Crippen molar-refractivity contribution in [3.8, 4) is 0 Å². The zero-order valence-corrected chi connectivity index (χ0v) is 12.1. The van der Waals surface area contributed by atoms with Crippen LogP contribution in [0, 0.1) is 6.92 Å². The maximum atomic E-state index is 5.32. The minimum absolute atomic E-state index is 0.717. The lowest BCUT2D eigenvalue weighted by Crippen LogP contribution is -2.51. The number of nitrogens with zero attached hydrogens (tertiary/aromatic N) is 4. The summed E-state index contributed by atoms with van der Waals surface area (Å²) in [5.74, 6) is 0. The molecule has 0 saturated carbocycles. The highest BCUT2D eigenvalue weighted by molar-refractivity contribution is 7.80. The molecule has 5 nitrogen and oxygen atoms in total. The Labute approximate surface area is 116 Å². The summed E-state index contributed by atoms with van der Waals surface area (Å²) < 4.78 is 0. The standard InChI is InChI=1S/C11H17N5S2/c1-3-4-12-10(17)15-5-7-16(8-6-15)11-14-13-9(2)18-11/h3H,1,4-8H2,2H3,(H,12,17). The number of anilines is 1. The third-order valence-corrected chi connectivity index (χ3v) is 4.05. The van der Waals surface area contributed by atoms with E-state index >= 15 is 0 Å². The fraction of sp³-hybridized carbons (Fsp3) is 0.545. The van der Waals surface area contributed by atoms with Gasteiger partial charge in [0.15, 0.2) is 5.11 Å². The third kappa shape index (κ3) is 3.17. The fourth-order valence-corrected chi connectivity index (χ4v) is 2.79. The van der Waals surface area contributed by atoms with Crippen LogP contribution in [0.25, 0.3) is 0 Å². The smallest absolute Gasteiger partial charge is 0.208 e. The molecule has 0 unspecified atom stereocenters. The Balaban J connectivity index is 1.84. The summed E-state index contributed by atoms with van der Waals surface area (Å²) >= 11 is 6.96. The summed E-state index contributed by atoms with van der Waals surface area (Å²) in [4.78, 5) is 4.44. The average Bonchev–Trinajstić information content (AvgIpc) is 2.83. The maximum absolute atomic E-state index is 5.32. The van der Waals surface area contributed by atoms with E-state index in [1.54, 1.807) is 11.3 Å². The molecule has 18 heavy (non-hydrogen) atoms. The zero-order chi connectivity index (χ0) is 13.0. The Morgan fingerprint density at radius 2 is 2.17 bits per heavy atom. The summed E-state index contributed by atoms with van der Waals surface area (Å²) in [7, 11) is 0. The number of thiocarbonyl (C=S) groups is 1. The molecule has 0 aromatic carbocycles. The number of rotatable bonds is 3. The summed E-state index contributed by atoms with van der Waals surface area (Å²) in [6.07, 6.45) is 1.81. The molecule has 1 aliphatic rings. The van der Waals surface area contributed by atoms with E-state index in [0.29, 0.717) is 6.54 Å². The van der Waals surface area contributed by atoms with Crippen LogP contribution in [0.15, 0.2) is 12.7 Å². The van der Waals surface area contributed by atoms with Crippen LogP contribution in [0.4, 0.5) is 5.13 Å². The number of piperazine rings is 1. The summed E-state index contributed by atoms with van der Waals surface area (Å²) in [6.45, 7) is 10.1. The zero-order valence-electron chi connectivity index (χ0n) is 10.4. The van der Waals surface area contributed by atoms with Gasteiger partial charge in [0.2, 0.25) is 5.13 Å². The minimum atomic E-state index is 0.717. The van der Waals surface area contributed by atoms with Gasteiger partial charge in [-0.05, 0) is 19.1 Å². The summed E-state index contributed by atoms with van der Waals surface area (Å²) in [6, 6.07) is 0. The van der Waals surface area contributed by atoms with E-state index in [-0.39, 0.29) is 0 Å². The molecule has 0 spiro atoms. The first-order chi connectivity index (χ1) is 8.70. The molecule has 2 rings (SSSR count). The average molecular weight is 283 g/mol. The van der Waals surface area contributed by atoms with Crippen molar-refractivity contribution in [1.29, 1.82) is 0 Å². The third-order valence-electron chi connectivity index (χ3n) is 2.75. The van der Waals surface area contributed by atoms with Crippen molar-refractivity contribution >= 4 is 33.8 Å². The highest BCUT2D eigenvalue weighted by Gasteiger charge is 2.20. The second-order valence-electron chi connectivity index (χ2n) is 4.05. The predicted octanol–water partition coefficient (Wildman–Crippen LogP) is 1.03. The van der Waals surface area contributed by atoms with E-state index in [1.165, 1.54) is 0 Å². The molecule has 1 saturated heterocycles.